The second-order valence-corrected chi connectivity index (χ2v) is 8.49. The molecule has 2 aromatic carbocycles. The summed E-state index contributed by atoms with van der Waals surface area (Å²) in [6, 6.07) is 10.7. The zero-order valence-corrected chi connectivity index (χ0v) is 17.1. The molecule has 0 radical (unpaired) electrons. The van der Waals surface area contributed by atoms with E-state index in [1.165, 1.54) is 38.0 Å². The Morgan fingerprint density at radius 2 is 1.67 bits per heavy atom. The second kappa shape index (κ2) is 7.26. The Morgan fingerprint density at radius 3 is 2.30 bits per heavy atom. The lowest BCUT2D eigenvalue weighted by atomic mass is 10.0. The van der Waals surface area contributed by atoms with Crippen LogP contribution < -0.4 is 5.43 Å². The van der Waals surface area contributed by atoms with Crippen molar-refractivity contribution in [2.75, 3.05) is 21.3 Å². The van der Waals surface area contributed by atoms with Gasteiger partial charge >= 0.3 is 7.74 Å². The standard InChI is InChI=1S/C19H16N3O7P/c1-27-30(28-2,29-3)20-16-17-12-8-6-10-14(22(25)26)15(12)19(24)21(17)13-9-5-4-7-11(13)18(16)23/h4-10H,1-3H3. The fraction of sp³-hybridized carbons (Fsp3) is 0.158. The van der Waals surface area contributed by atoms with Gasteiger partial charge in [-0.3, -0.25) is 24.3 Å². The number of rotatable bonds is 5. The van der Waals surface area contributed by atoms with Gasteiger partial charge in [-0.2, -0.15) is 4.74 Å². The van der Waals surface area contributed by atoms with Crippen molar-refractivity contribution in [3.8, 4) is 11.3 Å². The van der Waals surface area contributed by atoms with Crippen LogP contribution in [0.1, 0.15) is 10.4 Å². The Morgan fingerprint density at radius 1 is 1.00 bits per heavy atom. The number of benzene rings is 2. The molecule has 0 bridgehead atoms. The highest BCUT2D eigenvalue weighted by Gasteiger charge is 2.38. The maximum atomic E-state index is 13.3. The number of carbonyl (C=O) groups is 1. The predicted octanol–water partition coefficient (Wildman–Crippen LogP) is 4.10. The minimum absolute atomic E-state index is 0.106. The van der Waals surface area contributed by atoms with E-state index in [1.54, 1.807) is 30.3 Å². The first-order valence-corrected chi connectivity index (χ1v) is 10.2. The molecule has 0 saturated heterocycles. The summed E-state index contributed by atoms with van der Waals surface area (Å²) >= 11 is 0. The lowest BCUT2D eigenvalue weighted by Gasteiger charge is -2.18. The maximum Gasteiger partial charge on any atom is 0.360 e. The smallest absolute Gasteiger partial charge is 0.306 e. The molecule has 3 aromatic rings. The first-order chi connectivity index (χ1) is 14.4. The van der Waals surface area contributed by atoms with Crippen molar-refractivity contribution in [3.63, 3.8) is 0 Å². The van der Waals surface area contributed by atoms with E-state index in [0.29, 0.717) is 5.52 Å². The molecule has 11 heteroatoms. The van der Waals surface area contributed by atoms with Gasteiger partial charge < -0.3 is 13.6 Å². The molecule has 0 unspecified atom stereocenters. The molecule has 0 aliphatic carbocycles. The molecule has 0 spiro atoms. The molecule has 1 aliphatic rings. The molecular formula is C19H16N3O7P. The highest BCUT2D eigenvalue weighted by Crippen LogP contribution is 2.55. The van der Waals surface area contributed by atoms with Crippen LogP contribution in [0.2, 0.25) is 0 Å². The van der Waals surface area contributed by atoms with E-state index in [4.69, 9.17) is 13.6 Å². The number of aromatic nitrogens is 1. The Hall–Kier alpha value is -3.17. The number of hydrogen-bond donors (Lipinski definition) is 0. The van der Waals surface area contributed by atoms with Crippen molar-refractivity contribution in [1.82, 2.24) is 4.57 Å². The van der Waals surface area contributed by atoms with E-state index in [0.717, 1.165) is 0 Å². The number of fused-ring (bicyclic) bond motifs is 5. The highest BCUT2D eigenvalue weighted by molar-refractivity contribution is 7.51. The van der Waals surface area contributed by atoms with E-state index in [-0.39, 0.29) is 33.6 Å². The van der Waals surface area contributed by atoms with Crippen LogP contribution in [0.5, 0.6) is 0 Å². The van der Waals surface area contributed by atoms with Gasteiger partial charge in [-0.1, -0.05) is 24.3 Å². The largest absolute Gasteiger partial charge is 0.360 e. The van der Waals surface area contributed by atoms with Gasteiger partial charge in [0, 0.05) is 38.3 Å². The van der Waals surface area contributed by atoms with Gasteiger partial charge in [0.05, 0.1) is 16.1 Å². The minimum atomic E-state index is -3.29. The molecule has 10 nitrogen and oxygen atoms in total. The maximum absolute atomic E-state index is 13.3. The number of carbonyl (C=O) groups excluding carboxylic acids is 1. The van der Waals surface area contributed by atoms with Gasteiger partial charge in [0.1, 0.15) is 11.3 Å². The molecule has 2 heterocycles. The minimum Gasteiger partial charge on any atom is -0.306 e. The monoisotopic (exact) mass is 429 g/mol. The van der Waals surface area contributed by atoms with E-state index in [2.05, 4.69) is 4.74 Å². The number of pyridine rings is 1. The van der Waals surface area contributed by atoms with Gasteiger partial charge in [-0.25, -0.2) is 0 Å². The number of hydrogen-bond acceptors (Lipinski definition) is 8. The van der Waals surface area contributed by atoms with Crippen LogP contribution in [0.4, 0.5) is 11.4 Å². The number of para-hydroxylation sites is 1. The molecule has 0 N–H and O–H groups in total. The van der Waals surface area contributed by atoms with E-state index in [9.17, 15) is 19.7 Å². The summed E-state index contributed by atoms with van der Waals surface area (Å²) < 4.78 is 21.5. The third kappa shape index (κ3) is 2.73. The van der Waals surface area contributed by atoms with Gasteiger partial charge in [0.25, 0.3) is 11.6 Å². The molecule has 154 valence electrons. The Balaban J connectivity index is 2.24. The van der Waals surface area contributed by atoms with Crippen LogP contribution in [0, 0.1) is 10.1 Å². The first-order valence-electron chi connectivity index (χ1n) is 8.69. The first kappa shape index (κ1) is 20.1. The molecule has 0 fully saturated rings. The summed E-state index contributed by atoms with van der Waals surface area (Å²) in [5.74, 6) is -0.615. The van der Waals surface area contributed by atoms with Crippen molar-refractivity contribution in [3.05, 3.63) is 68.4 Å². The van der Waals surface area contributed by atoms with Crippen molar-refractivity contribution in [2.24, 2.45) is 4.74 Å². The summed E-state index contributed by atoms with van der Waals surface area (Å²) in [5.41, 5.74) is -0.362. The zero-order valence-electron chi connectivity index (χ0n) is 16.2. The normalized spacial score (nSPS) is 12.7. The zero-order chi connectivity index (χ0) is 21.6. The molecule has 1 aromatic heterocycles. The highest BCUT2D eigenvalue weighted by atomic mass is 31.2. The summed E-state index contributed by atoms with van der Waals surface area (Å²) in [7, 11) is 0.686. The molecule has 0 saturated carbocycles. The molecule has 0 atom stereocenters. The quantitative estimate of drug-likeness (QED) is 0.266. The van der Waals surface area contributed by atoms with Crippen molar-refractivity contribution < 1.29 is 23.3 Å². The Labute approximate surface area is 170 Å². The van der Waals surface area contributed by atoms with Gasteiger partial charge in [0.15, 0.2) is 0 Å². The SMILES string of the molecule is COP(=Nc1c2n(c3ccccc3c1=O)C(=O)c1c-2cccc1[N+](=O)[O-])(OC)OC. The number of nitro benzene ring substituents is 1. The lowest BCUT2D eigenvalue weighted by molar-refractivity contribution is -0.385. The Bertz CT molecular complexity index is 1330. The van der Waals surface area contributed by atoms with Crippen LogP contribution in [-0.2, 0) is 13.6 Å². The van der Waals surface area contributed by atoms with E-state index < -0.39 is 24.0 Å². The van der Waals surface area contributed by atoms with Gasteiger partial charge in [-0.15, -0.1) is 0 Å². The van der Waals surface area contributed by atoms with E-state index >= 15 is 0 Å². The predicted molar refractivity (Wildman–Crippen MR) is 110 cm³/mol. The summed E-state index contributed by atoms with van der Waals surface area (Å²) in [4.78, 5) is 37.6. The molecule has 4 rings (SSSR count). The third-order valence-electron chi connectivity index (χ3n) is 4.88. The van der Waals surface area contributed by atoms with Crippen LogP contribution in [0.3, 0.4) is 0 Å². The van der Waals surface area contributed by atoms with Gasteiger partial charge in [-0.05, 0) is 12.1 Å². The fourth-order valence-corrected chi connectivity index (χ4v) is 4.69. The molecule has 30 heavy (non-hydrogen) atoms. The number of nitro groups is 1. The average molecular weight is 429 g/mol. The fourth-order valence-electron chi connectivity index (χ4n) is 3.57. The topological polar surface area (TPSA) is 122 Å². The van der Waals surface area contributed by atoms with Crippen molar-refractivity contribution in [2.45, 2.75) is 0 Å². The Kier molecular flexibility index (Phi) is 4.87. The molecule has 1 aliphatic heterocycles. The van der Waals surface area contributed by atoms with Crippen molar-refractivity contribution >= 4 is 35.9 Å². The van der Waals surface area contributed by atoms with Crippen LogP contribution in [0.25, 0.3) is 22.2 Å². The summed E-state index contributed by atoms with van der Waals surface area (Å²) in [6.45, 7) is 0. The van der Waals surface area contributed by atoms with Crippen LogP contribution in [-0.4, -0.2) is 36.7 Å². The van der Waals surface area contributed by atoms with Crippen LogP contribution in [0.15, 0.2) is 52.0 Å². The summed E-state index contributed by atoms with van der Waals surface area (Å²) in [5, 5.41) is 11.8. The second-order valence-electron chi connectivity index (χ2n) is 6.26. The van der Waals surface area contributed by atoms with Crippen molar-refractivity contribution in [1.29, 1.82) is 0 Å². The molecule has 0 amide bonds. The van der Waals surface area contributed by atoms with Gasteiger partial charge in [0.2, 0.25) is 5.43 Å². The number of nitrogens with zero attached hydrogens (tertiary/aromatic N) is 3. The average Bonchev–Trinajstić information content (AvgIpc) is 3.07. The van der Waals surface area contributed by atoms with E-state index in [1.807, 2.05) is 0 Å². The summed E-state index contributed by atoms with van der Waals surface area (Å²) in [6.07, 6.45) is 0. The third-order valence-corrected chi connectivity index (χ3v) is 6.71. The molecular weight excluding hydrogens is 413 g/mol. The lowest BCUT2D eigenvalue weighted by Crippen LogP contribution is -2.15. The van der Waals surface area contributed by atoms with Crippen LogP contribution >= 0.6 is 7.74 Å².